The highest BCUT2D eigenvalue weighted by Crippen LogP contribution is 2.28. The van der Waals surface area contributed by atoms with E-state index in [1.165, 1.54) is 0 Å². The van der Waals surface area contributed by atoms with Gasteiger partial charge in [-0.3, -0.25) is 9.59 Å². The van der Waals surface area contributed by atoms with Gasteiger partial charge in [0.25, 0.3) is 0 Å². The summed E-state index contributed by atoms with van der Waals surface area (Å²) >= 11 is 0. The smallest absolute Gasteiger partial charge is 0.323 e. The SMILES string of the molecule is Cc1ccccc1NC(=O)Nc1ccc(CC(=O)N2CCC[C@H]2COC2CCC(C(=O)O)CC2)cc1C. The molecule has 0 spiro atoms. The van der Waals surface area contributed by atoms with Gasteiger partial charge in [0.1, 0.15) is 0 Å². The summed E-state index contributed by atoms with van der Waals surface area (Å²) in [5.41, 5.74) is 4.25. The molecule has 37 heavy (non-hydrogen) atoms. The van der Waals surface area contributed by atoms with E-state index < -0.39 is 5.97 Å². The van der Waals surface area contributed by atoms with Crippen molar-refractivity contribution in [2.75, 3.05) is 23.8 Å². The summed E-state index contributed by atoms with van der Waals surface area (Å²) < 4.78 is 6.11. The first-order valence-electron chi connectivity index (χ1n) is 13.2. The van der Waals surface area contributed by atoms with Crippen LogP contribution in [0.25, 0.3) is 0 Å². The molecule has 8 heteroatoms. The molecule has 0 unspecified atom stereocenters. The first kappa shape index (κ1) is 26.7. The molecule has 0 aromatic heterocycles. The summed E-state index contributed by atoms with van der Waals surface area (Å²) in [4.78, 5) is 38.7. The number of rotatable bonds is 8. The maximum absolute atomic E-state index is 13.1. The summed E-state index contributed by atoms with van der Waals surface area (Å²) in [5.74, 6) is -0.884. The monoisotopic (exact) mass is 507 g/mol. The highest BCUT2D eigenvalue weighted by atomic mass is 16.5. The van der Waals surface area contributed by atoms with Crippen LogP contribution >= 0.6 is 0 Å². The molecular formula is C29H37N3O5. The van der Waals surface area contributed by atoms with Crippen LogP contribution in [-0.2, 0) is 20.7 Å². The van der Waals surface area contributed by atoms with Gasteiger partial charge in [0.2, 0.25) is 5.91 Å². The lowest BCUT2D eigenvalue weighted by Gasteiger charge is -2.30. The van der Waals surface area contributed by atoms with E-state index in [2.05, 4.69) is 10.6 Å². The third-order valence-corrected chi connectivity index (χ3v) is 7.53. The van der Waals surface area contributed by atoms with Gasteiger partial charge in [-0.2, -0.15) is 0 Å². The van der Waals surface area contributed by atoms with E-state index >= 15 is 0 Å². The Morgan fingerprint density at radius 1 is 0.946 bits per heavy atom. The minimum absolute atomic E-state index is 0.0665. The average molecular weight is 508 g/mol. The van der Waals surface area contributed by atoms with E-state index in [4.69, 9.17) is 4.74 Å². The molecule has 0 radical (unpaired) electrons. The molecule has 4 rings (SSSR count). The Morgan fingerprint density at radius 2 is 1.65 bits per heavy atom. The van der Waals surface area contributed by atoms with Gasteiger partial charge in [-0.05, 0) is 81.2 Å². The average Bonchev–Trinajstić information content (AvgIpc) is 3.35. The molecule has 3 N–H and O–H groups in total. The summed E-state index contributed by atoms with van der Waals surface area (Å²) in [6.07, 6.45) is 5.11. The van der Waals surface area contributed by atoms with Gasteiger partial charge < -0.3 is 25.4 Å². The minimum atomic E-state index is -0.712. The number of benzene rings is 2. The third-order valence-electron chi connectivity index (χ3n) is 7.53. The number of nitrogens with one attached hydrogen (secondary N) is 2. The molecule has 2 aromatic rings. The van der Waals surface area contributed by atoms with Crippen molar-refractivity contribution < 1.29 is 24.2 Å². The van der Waals surface area contributed by atoms with Gasteiger partial charge in [-0.25, -0.2) is 4.79 Å². The number of carboxylic acid groups (broad SMARTS) is 1. The molecule has 2 fully saturated rings. The number of urea groups is 1. The molecule has 1 aliphatic heterocycles. The van der Waals surface area contributed by atoms with Gasteiger partial charge in [0.15, 0.2) is 0 Å². The number of nitrogens with zero attached hydrogens (tertiary/aromatic N) is 1. The van der Waals surface area contributed by atoms with Crippen molar-refractivity contribution in [2.24, 2.45) is 5.92 Å². The van der Waals surface area contributed by atoms with Crippen LogP contribution < -0.4 is 10.6 Å². The van der Waals surface area contributed by atoms with Crippen molar-refractivity contribution in [1.29, 1.82) is 0 Å². The van der Waals surface area contributed by atoms with Crippen LogP contribution in [0.3, 0.4) is 0 Å². The van der Waals surface area contributed by atoms with E-state index in [0.29, 0.717) is 31.6 Å². The van der Waals surface area contributed by atoms with Crippen LogP contribution in [-0.4, -0.2) is 53.2 Å². The van der Waals surface area contributed by atoms with Crippen molar-refractivity contribution in [3.8, 4) is 0 Å². The van der Waals surface area contributed by atoms with Crippen LogP contribution in [0.2, 0.25) is 0 Å². The van der Waals surface area contributed by atoms with E-state index in [0.717, 1.165) is 54.6 Å². The molecular weight excluding hydrogens is 470 g/mol. The van der Waals surface area contributed by atoms with Gasteiger partial charge in [0, 0.05) is 17.9 Å². The fraction of sp³-hybridized carbons (Fsp3) is 0.483. The fourth-order valence-corrected chi connectivity index (χ4v) is 5.30. The number of aryl methyl sites for hydroxylation is 2. The fourth-order valence-electron chi connectivity index (χ4n) is 5.30. The van der Waals surface area contributed by atoms with E-state index in [1.54, 1.807) is 0 Å². The zero-order valence-electron chi connectivity index (χ0n) is 21.7. The Labute approximate surface area is 218 Å². The number of carboxylic acids is 1. The number of para-hydroxylation sites is 1. The predicted molar refractivity (Wildman–Crippen MR) is 143 cm³/mol. The lowest BCUT2D eigenvalue weighted by molar-refractivity contribution is -0.144. The largest absolute Gasteiger partial charge is 0.481 e. The third kappa shape index (κ3) is 7.10. The number of carbonyl (C=O) groups excluding carboxylic acids is 2. The molecule has 0 bridgehead atoms. The number of ether oxygens (including phenoxy) is 1. The second kappa shape index (κ2) is 12.2. The van der Waals surface area contributed by atoms with Gasteiger partial charge in [0.05, 0.1) is 31.1 Å². The summed E-state index contributed by atoms with van der Waals surface area (Å²) in [7, 11) is 0. The highest BCUT2D eigenvalue weighted by molar-refractivity contribution is 6.00. The maximum Gasteiger partial charge on any atom is 0.323 e. The summed E-state index contributed by atoms with van der Waals surface area (Å²) in [5, 5.41) is 14.9. The number of likely N-dealkylation sites (tertiary alicyclic amines) is 1. The van der Waals surface area contributed by atoms with Crippen LogP contribution in [0, 0.1) is 19.8 Å². The summed E-state index contributed by atoms with van der Waals surface area (Å²) in [6, 6.07) is 13.0. The lowest BCUT2D eigenvalue weighted by Crippen LogP contribution is -2.40. The first-order chi connectivity index (χ1) is 17.8. The van der Waals surface area contributed by atoms with Crippen LogP contribution in [0.4, 0.5) is 16.2 Å². The van der Waals surface area contributed by atoms with Crippen molar-refractivity contribution in [3.05, 3.63) is 59.2 Å². The Balaban J connectivity index is 1.27. The normalized spacial score (nSPS) is 21.5. The number of hydrogen-bond donors (Lipinski definition) is 3. The first-order valence-corrected chi connectivity index (χ1v) is 13.2. The molecule has 2 aliphatic rings. The van der Waals surface area contributed by atoms with Crippen molar-refractivity contribution in [2.45, 2.75) is 70.9 Å². The molecule has 2 aromatic carbocycles. The predicted octanol–water partition coefficient (Wildman–Crippen LogP) is 5.14. The van der Waals surface area contributed by atoms with Gasteiger partial charge >= 0.3 is 12.0 Å². The quantitative estimate of drug-likeness (QED) is 0.459. The molecule has 3 amide bonds. The molecule has 1 saturated carbocycles. The molecule has 198 valence electrons. The number of anilines is 2. The Morgan fingerprint density at radius 3 is 2.32 bits per heavy atom. The lowest BCUT2D eigenvalue weighted by atomic mass is 9.87. The Kier molecular flexibility index (Phi) is 8.82. The van der Waals surface area contributed by atoms with Crippen LogP contribution in [0.1, 0.15) is 55.2 Å². The molecule has 8 nitrogen and oxygen atoms in total. The van der Waals surface area contributed by atoms with Crippen molar-refractivity contribution in [3.63, 3.8) is 0 Å². The number of amides is 3. The zero-order chi connectivity index (χ0) is 26.4. The van der Waals surface area contributed by atoms with E-state index in [9.17, 15) is 19.5 Å². The highest BCUT2D eigenvalue weighted by Gasteiger charge is 2.31. The maximum atomic E-state index is 13.1. The number of aliphatic carboxylic acids is 1. The van der Waals surface area contributed by atoms with E-state index in [1.807, 2.05) is 61.2 Å². The molecule has 1 aliphatic carbocycles. The summed E-state index contributed by atoms with van der Waals surface area (Å²) in [6.45, 7) is 5.10. The van der Waals surface area contributed by atoms with Crippen LogP contribution in [0.15, 0.2) is 42.5 Å². The van der Waals surface area contributed by atoms with Gasteiger partial charge in [-0.1, -0.05) is 30.3 Å². The number of carbonyl (C=O) groups is 3. The van der Waals surface area contributed by atoms with Crippen molar-refractivity contribution >= 4 is 29.3 Å². The molecule has 1 heterocycles. The Hall–Kier alpha value is -3.39. The van der Waals surface area contributed by atoms with E-state index in [-0.39, 0.29) is 30.0 Å². The number of hydrogen-bond acceptors (Lipinski definition) is 4. The standard InChI is InChI=1S/C29H37N3O5/c1-19-6-3-4-8-25(19)30-29(36)31-26-14-9-21(16-20(26)2)17-27(33)32-15-5-7-23(32)18-37-24-12-10-22(11-13-24)28(34)35/h3-4,6,8-9,14,16,22-24H,5,7,10-13,15,17-18H2,1-2H3,(H,34,35)(H2,30,31,36)/t22?,23-,24?/m0/s1. The minimum Gasteiger partial charge on any atom is -0.481 e. The topological polar surface area (TPSA) is 108 Å². The van der Waals surface area contributed by atoms with Gasteiger partial charge in [-0.15, -0.1) is 0 Å². The molecule has 1 atom stereocenters. The molecule has 1 saturated heterocycles. The second-order valence-corrected chi connectivity index (χ2v) is 10.2. The second-order valence-electron chi connectivity index (χ2n) is 10.2. The Bertz CT molecular complexity index is 1130. The zero-order valence-corrected chi connectivity index (χ0v) is 21.7. The van der Waals surface area contributed by atoms with Crippen LogP contribution in [0.5, 0.6) is 0 Å². The van der Waals surface area contributed by atoms with Crippen molar-refractivity contribution in [1.82, 2.24) is 4.90 Å².